The largest absolute Gasteiger partial charge is 0.427 e. The molecule has 0 aromatic rings. The third-order valence-electron chi connectivity index (χ3n) is 11.3. The monoisotopic (exact) mass is 680 g/mol. The summed E-state index contributed by atoms with van der Waals surface area (Å²) in [6, 6.07) is -2.51. The van der Waals surface area contributed by atoms with Crippen LogP contribution in [-0.4, -0.2) is 77.2 Å². The molecule has 4 aliphatic rings. The van der Waals surface area contributed by atoms with Gasteiger partial charge in [0, 0.05) is 34.4 Å². The molecule has 12 heteroatoms. The van der Waals surface area contributed by atoms with Gasteiger partial charge in [-0.1, -0.05) is 62.3 Å². The number of ether oxygens (including phenoxy) is 3. The number of carbonyl (C=O) groups excluding carboxylic acids is 3. The number of nitriles is 3. The Labute approximate surface area is 292 Å². The second-order valence-electron chi connectivity index (χ2n) is 19.1. The summed E-state index contributed by atoms with van der Waals surface area (Å²) in [5.41, 5.74) is -2.18. The highest BCUT2D eigenvalue weighted by Gasteiger charge is 2.55. The van der Waals surface area contributed by atoms with Crippen LogP contribution in [0.25, 0.3) is 0 Å². The Hall–Kier alpha value is -3.72. The second-order valence-corrected chi connectivity index (χ2v) is 19.1. The molecule has 0 N–H and O–H groups in total. The smallest absolute Gasteiger partial charge is 0.335 e. The Morgan fingerprint density at radius 2 is 0.898 bits per heavy atom. The van der Waals surface area contributed by atoms with Crippen LogP contribution in [-0.2, 0) is 19.0 Å². The lowest BCUT2D eigenvalue weighted by molar-refractivity contribution is -0.134. The molecular weight excluding hydrogens is 624 g/mol. The van der Waals surface area contributed by atoms with Crippen molar-refractivity contribution >= 4 is 18.0 Å². The van der Waals surface area contributed by atoms with Crippen LogP contribution in [0, 0.1) is 67.0 Å². The number of urea groups is 2. The lowest BCUT2D eigenvalue weighted by Crippen LogP contribution is -2.60. The van der Waals surface area contributed by atoms with Crippen LogP contribution in [0.4, 0.5) is 9.59 Å². The fourth-order valence-corrected chi connectivity index (χ4v) is 11.0. The number of hydrogen-bond acceptors (Lipinski definition) is 9. The summed E-state index contributed by atoms with van der Waals surface area (Å²) in [6.45, 7) is 19.1. The van der Waals surface area contributed by atoms with E-state index in [0.717, 1.165) is 19.3 Å². The predicted octanol–water partition coefficient (Wildman–Crippen LogP) is 6.92. The van der Waals surface area contributed by atoms with E-state index in [-0.39, 0.29) is 48.7 Å². The van der Waals surface area contributed by atoms with Gasteiger partial charge in [0.25, 0.3) is 24.7 Å². The normalized spacial score (nSPS) is 35.8. The van der Waals surface area contributed by atoms with Crippen molar-refractivity contribution < 1.29 is 28.6 Å². The summed E-state index contributed by atoms with van der Waals surface area (Å²) >= 11 is 0. The van der Waals surface area contributed by atoms with Gasteiger partial charge < -0.3 is 19.1 Å². The number of hydrogen-bond donors (Lipinski definition) is 0. The van der Waals surface area contributed by atoms with Crippen molar-refractivity contribution in [2.24, 2.45) is 32.5 Å². The molecule has 0 aromatic heterocycles. The van der Waals surface area contributed by atoms with Gasteiger partial charge in [-0.25, -0.2) is 14.5 Å². The number of nitrogens with zero attached hydrogens (tertiary/aromatic N) is 6. The van der Waals surface area contributed by atoms with Crippen LogP contribution in [0.15, 0.2) is 0 Å². The van der Waals surface area contributed by atoms with Crippen LogP contribution in [0.1, 0.15) is 120 Å². The minimum atomic E-state index is -0.611. The fraction of sp³-hybridized carbons (Fsp3) is 0.838. The fourth-order valence-electron chi connectivity index (χ4n) is 11.0. The maximum atomic E-state index is 15.0. The van der Waals surface area contributed by atoms with Gasteiger partial charge in [-0.15, -0.1) is 0 Å². The third-order valence-corrected chi connectivity index (χ3v) is 11.3. The lowest BCUT2D eigenvalue weighted by atomic mass is 9.62. The molecule has 1 heterocycles. The van der Waals surface area contributed by atoms with Gasteiger partial charge in [0.2, 0.25) is 0 Å². The van der Waals surface area contributed by atoms with E-state index < -0.39 is 46.3 Å². The van der Waals surface area contributed by atoms with Gasteiger partial charge in [0.15, 0.2) is 0 Å². The molecule has 12 nitrogen and oxygen atoms in total. The zero-order chi connectivity index (χ0) is 36.6. The second kappa shape index (κ2) is 13.5. The van der Waals surface area contributed by atoms with Crippen molar-refractivity contribution in [1.82, 2.24) is 14.7 Å². The molecule has 49 heavy (non-hydrogen) atoms. The standard InChI is InChI=1S/C37H56N6O6/c1-32(2)10-26(13-35(7,17-32)20-47-23-38)41-16-29(44)42(27-11-33(3,4)18-36(8,14-27)21-48-24-39)31(46)43(30(41)45)28-12-34(5,6)19-37(9,15-28)22-49-25-40/h26-28H,10-22H2,1-9H3. The molecule has 0 aromatic carbocycles. The summed E-state index contributed by atoms with van der Waals surface area (Å²) < 4.78 is 15.7. The Balaban J connectivity index is 1.81. The molecule has 270 valence electrons. The highest BCUT2D eigenvalue weighted by molar-refractivity contribution is 6.06. The number of amides is 5. The molecule has 0 spiro atoms. The SMILES string of the molecule is CC1(C)CC(N2CC(=O)N(C3CC(C)(C)CC(C)(COC#N)C3)C(=O)N(C3CC(C)(C)CC(C)(COC#N)C3)C2=O)CC(C)(COC#N)C1. The summed E-state index contributed by atoms with van der Waals surface area (Å²) in [5, 5.41) is 27.7. The molecular formula is C37H56N6O6. The first-order valence-corrected chi connectivity index (χ1v) is 17.6. The van der Waals surface area contributed by atoms with Gasteiger partial charge >= 0.3 is 12.1 Å². The van der Waals surface area contributed by atoms with E-state index in [9.17, 15) is 20.6 Å². The topological polar surface area (TPSA) is 160 Å². The quantitative estimate of drug-likeness (QED) is 0.236. The van der Waals surface area contributed by atoms with E-state index in [0.29, 0.717) is 38.5 Å². The number of rotatable bonds is 9. The first-order valence-electron chi connectivity index (χ1n) is 17.6. The van der Waals surface area contributed by atoms with Crippen molar-refractivity contribution in [3.63, 3.8) is 0 Å². The third kappa shape index (κ3) is 8.72. The van der Waals surface area contributed by atoms with Crippen LogP contribution in [0.5, 0.6) is 0 Å². The molecule has 1 aliphatic heterocycles. The molecule has 6 atom stereocenters. The molecule has 0 radical (unpaired) electrons. The van der Waals surface area contributed by atoms with Crippen LogP contribution in [0.3, 0.4) is 0 Å². The molecule has 6 unspecified atom stereocenters. The average Bonchev–Trinajstić information content (AvgIpc) is 3.03. The Morgan fingerprint density at radius 3 is 1.29 bits per heavy atom. The summed E-state index contributed by atoms with van der Waals surface area (Å²) in [5.74, 6) is -0.420. The lowest BCUT2D eigenvalue weighted by Gasteiger charge is -2.51. The predicted molar refractivity (Wildman–Crippen MR) is 179 cm³/mol. The molecule has 4 fully saturated rings. The van der Waals surface area contributed by atoms with Gasteiger partial charge in [-0.2, -0.15) is 15.8 Å². The maximum Gasteiger partial charge on any atom is 0.335 e. The zero-order valence-corrected chi connectivity index (χ0v) is 31.1. The minimum Gasteiger partial charge on any atom is -0.427 e. The maximum absolute atomic E-state index is 15.0. The molecule has 3 saturated carbocycles. The van der Waals surface area contributed by atoms with Crippen LogP contribution >= 0.6 is 0 Å². The van der Waals surface area contributed by atoms with E-state index in [1.807, 2.05) is 13.8 Å². The number of carbonyl (C=O) groups is 3. The van der Waals surface area contributed by atoms with Crippen LogP contribution < -0.4 is 0 Å². The van der Waals surface area contributed by atoms with E-state index in [2.05, 4.69) is 48.5 Å². The Bertz CT molecular complexity index is 1430. The minimum absolute atomic E-state index is 0.161. The molecule has 3 aliphatic carbocycles. The molecule has 0 bridgehead atoms. The average molecular weight is 681 g/mol. The summed E-state index contributed by atoms with van der Waals surface area (Å²) in [6.07, 6.45) is 10.7. The highest BCUT2D eigenvalue weighted by atomic mass is 16.5. The first kappa shape index (κ1) is 38.1. The van der Waals surface area contributed by atoms with Crippen molar-refractivity contribution in [3.8, 4) is 18.8 Å². The van der Waals surface area contributed by atoms with Gasteiger partial charge in [0.05, 0.1) is 0 Å². The van der Waals surface area contributed by atoms with Gasteiger partial charge in [-0.05, 0) is 74.0 Å². The van der Waals surface area contributed by atoms with Crippen LogP contribution in [0.2, 0.25) is 0 Å². The van der Waals surface area contributed by atoms with Gasteiger partial charge in [0.1, 0.15) is 26.4 Å². The summed E-state index contributed by atoms with van der Waals surface area (Å²) in [4.78, 5) is 48.9. The van der Waals surface area contributed by atoms with Crippen molar-refractivity contribution in [2.75, 3.05) is 26.4 Å². The molecule has 5 amide bonds. The molecule has 4 rings (SSSR count). The van der Waals surface area contributed by atoms with Crippen molar-refractivity contribution in [3.05, 3.63) is 0 Å². The highest BCUT2D eigenvalue weighted by Crippen LogP contribution is 2.52. The Kier molecular flexibility index (Phi) is 10.5. The van der Waals surface area contributed by atoms with Crippen molar-refractivity contribution in [1.29, 1.82) is 15.8 Å². The first-order chi connectivity index (χ1) is 22.6. The summed E-state index contributed by atoms with van der Waals surface area (Å²) in [7, 11) is 0. The van der Waals surface area contributed by atoms with E-state index in [1.54, 1.807) is 23.7 Å². The van der Waals surface area contributed by atoms with E-state index >= 15 is 9.59 Å². The molecule has 1 saturated heterocycles. The number of imide groups is 2. The van der Waals surface area contributed by atoms with E-state index in [4.69, 9.17) is 14.2 Å². The van der Waals surface area contributed by atoms with Crippen molar-refractivity contribution in [2.45, 2.75) is 138 Å². The van der Waals surface area contributed by atoms with E-state index in [1.165, 1.54) is 9.80 Å². The Morgan fingerprint density at radius 1 is 0.551 bits per heavy atom. The van der Waals surface area contributed by atoms with Gasteiger partial charge in [-0.3, -0.25) is 9.69 Å². The zero-order valence-electron chi connectivity index (χ0n) is 31.1.